The van der Waals surface area contributed by atoms with Crippen molar-refractivity contribution in [3.63, 3.8) is 0 Å². The fourth-order valence-corrected chi connectivity index (χ4v) is 3.03. The van der Waals surface area contributed by atoms with Gasteiger partial charge in [-0.1, -0.05) is 0 Å². The number of nitrogens with one attached hydrogen (secondary N) is 3. The molecule has 0 spiro atoms. The van der Waals surface area contributed by atoms with Crippen molar-refractivity contribution in [2.24, 2.45) is 4.99 Å². The molecule has 152 valence electrons. The van der Waals surface area contributed by atoms with Crippen molar-refractivity contribution in [1.29, 1.82) is 0 Å². The quantitative estimate of drug-likeness (QED) is 0.400. The number of fused-ring (bicyclic) bond motifs is 1. The summed E-state index contributed by atoms with van der Waals surface area (Å²) in [5, 5.41) is 17.5. The highest BCUT2D eigenvalue weighted by molar-refractivity contribution is 5.61. The number of hydrogen-bond donors (Lipinski definition) is 4. The number of rotatable bonds is 4. The summed E-state index contributed by atoms with van der Waals surface area (Å²) in [4.78, 5) is 25.2. The summed E-state index contributed by atoms with van der Waals surface area (Å²) in [5.41, 5.74) is 0.719. The molecule has 0 saturated heterocycles. The molecule has 9 nitrogen and oxygen atoms in total. The third kappa shape index (κ3) is 3.52. The van der Waals surface area contributed by atoms with Crippen molar-refractivity contribution in [1.82, 2.24) is 24.6 Å². The van der Waals surface area contributed by atoms with E-state index in [2.05, 4.69) is 30.4 Å². The van der Waals surface area contributed by atoms with E-state index >= 15 is 0 Å². The van der Waals surface area contributed by atoms with E-state index in [1.54, 1.807) is 6.07 Å². The Morgan fingerprint density at radius 3 is 2.63 bits per heavy atom. The van der Waals surface area contributed by atoms with E-state index in [0.717, 1.165) is 31.0 Å². The Kier molecular flexibility index (Phi) is 4.09. The fraction of sp³-hybridized carbons (Fsp3) is 0.158. The minimum atomic E-state index is -0.716. The second-order valence-electron chi connectivity index (χ2n) is 6.96. The van der Waals surface area contributed by atoms with Gasteiger partial charge in [-0.2, -0.15) is 9.61 Å². The molecule has 4 aromatic rings. The molecule has 0 bridgehead atoms. The van der Waals surface area contributed by atoms with Gasteiger partial charge in [0.25, 0.3) is 0 Å². The van der Waals surface area contributed by atoms with E-state index in [4.69, 9.17) is 0 Å². The number of hydrogen-bond acceptors (Lipinski definition) is 6. The first-order chi connectivity index (χ1) is 14.4. The van der Waals surface area contributed by atoms with Gasteiger partial charge in [-0.3, -0.25) is 9.98 Å². The summed E-state index contributed by atoms with van der Waals surface area (Å²) in [6.45, 7) is 0. The smallest absolute Gasteiger partial charge is 0.326 e. The van der Waals surface area contributed by atoms with Crippen LogP contribution in [0, 0.1) is 11.6 Å². The Labute approximate surface area is 166 Å². The molecule has 5 rings (SSSR count). The Morgan fingerprint density at radius 1 is 1.20 bits per heavy atom. The van der Waals surface area contributed by atoms with E-state index in [0.29, 0.717) is 22.2 Å². The molecule has 0 unspecified atom stereocenters. The number of aromatic hydroxyl groups is 1. The summed E-state index contributed by atoms with van der Waals surface area (Å²) in [6.07, 6.45) is 4.97. The number of H-pyrrole nitrogens is 2. The van der Waals surface area contributed by atoms with Crippen molar-refractivity contribution in [2.75, 3.05) is 5.32 Å². The number of benzene rings is 1. The molecule has 1 aliphatic rings. The number of aromatic amines is 2. The Morgan fingerprint density at radius 2 is 1.97 bits per heavy atom. The largest absolute Gasteiger partial charge is 0.493 e. The lowest BCUT2D eigenvalue weighted by atomic mass is 10.3. The molecule has 0 atom stereocenters. The van der Waals surface area contributed by atoms with Crippen LogP contribution >= 0.6 is 0 Å². The number of anilines is 2. The molecule has 0 amide bonds. The van der Waals surface area contributed by atoms with E-state index < -0.39 is 17.3 Å². The molecule has 1 fully saturated rings. The van der Waals surface area contributed by atoms with Gasteiger partial charge in [0.05, 0.1) is 12.2 Å². The topological polar surface area (TPSA) is 123 Å². The molecule has 30 heavy (non-hydrogen) atoms. The average molecular weight is 411 g/mol. The van der Waals surface area contributed by atoms with Gasteiger partial charge in [0, 0.05) is 23.0 Å². The summed E-state index contributed by atoms with van der Waals surface area (Å²) in [6, 6.07) is 4.92. The zero-order valence-corrected chi connectivity index (χ0v) is 15.4. The van der Waals surface area contributed by atoms with Crippen molar-refractivity contribution >= 4 is 23.2 Å². The second-order valence-corrected chi connectivity index (χ2v) is 6.96. The molecule has 1 saturated carbocycles. The van der Waals surface area contributed by atoms with Crippen LogP contribution in [0.4, 0.5) is 20.3 Å². The van der Waals surface area contributed by atoms with Crippen LogP contribution < -0.4 is 21.7 Å². The SMILES string of the molecule is O=c1[nH]c(O)c(/C=c2\cnn3c(=NC4CC4)cc(Nc4cc(F)cc(F)c4)nc23)[nH]1. The van der Waals surface area contributed by atoms with Gasteiger partial charge in [0.15, 0.2) is 11.1 Å². The van der Waals surface area contributed by atoms with Crippen molar-refractivity contribution < 1.29 is 13.9 Å². The van der Waals surface area contributed by atoms with Gasteiger partial charge in [-0.05, 0) is 31.1 Å². The summed E-state index contributed by atoms with van der Waals surface area (Å²) in [5.74, 6) is -1.43. The van der Waals surface area contributed by atoms with Crippen molar-refractivity contribution in [2.45, 2.75) is 18.9 Å². The summed E-state index contributed by atoms with van der Waals surface area (Å²) < 4.78 is 28.6. The van der Waals surface area contributed by atoms with Crippen molar-refractivity contribution in [3.05, 3.63) is 69.0 Å². The van der Waals surface area contributed by atoms with Crippen molar-refractivity contribution in [3.8, 4) is 5.88 Å². The standard InChI is InChI=1S/C19H15F2N7O2/c20-10-4-11(21)6-13(5-10)23-15-7-16(24-12-1-2-12)28-17(26-15)9(8-22-28)3-14-18(29)27-19(30)25-14/h3-8,12,23,29H,1-2H2,(H2,25,27,30)/b9-3+,24-16?. The highest BCUT2D eigenvalue weighted by Crippen LogP contribution is 2.23. The minimum absolute atomic E-state index is 0.169. The predicted molar refractivity (Wildman–Crippen MR) is 103 cm³/mol. The molecule has 4 N–H and O–H groups in total. The van der Waals surface area contributed by atoms with E-state index in [-0.39, 0.29) is 23.3 Å². The van der Waals surface area contributed by atoms with Crippen LogP contribution in [0.2, 0.25) is 0 Å². The third-order valence-corrected chi connectivity index (χ3v) is 4.51. The maximum absolute atomic E-state index is 13.5. The zero-order valence-electron chi connectivity index (χ0n) is 15.4. The first-order valence-corrected chi connectivity index (χ1v) is 9.13. The normalized spacial score (nSPS) is 15.3. The lowest BCUT2D eigenvalue weighted by molar-refractivity contribution is 0.454. The van der Waals surface area contributed by atoms with Gasteiger partial charge in [0.2, 0.25) is 5.88 Å². The Balaban J connectivity index is 1.68. The van der Waals surface area contributed by atoms with Crippen LogP contribution in [0.25, 0.3) is 11.7 Å². The van der Waals surface area contributed by atoms with Crippen LogP contribution in [-0.4, -0.2) is 35.7 Å². The van der Waals surface area contributed by atoms with Gasteiger partial charge in [0.1, 0.15) is 23.1 Å². The zero-order chi connectivity index (χ0) is 20.8. The van der Waals surface area contributed by atoms with E-state index in [9.17, 15) is 18.7 Å². The Bertz CT molecular complexity index is 1430. The molecule has 11 heteroatoms. The molecular weight excluding hydrogens is 396 g/mol. The van der Waals surface area contributed by atoms with Crippen LogP contribution in [0.15, 0.2) is 40.2 Å². The molecule has 3 aromatic heterocycles. The third-order valence-electron chi connectivity index (χ3n) is 4.51. The van der Waals surface area contributed by atoms with Crippen LogP contribution in [0.5, 0.6) is 5.88 Å². The van der Waals surface area contributed by atoms with E-state index in [1.165, 1.54) is 16.8 Å². The van der Waals surface area contributed by atoms with Crippen LogP contribution in [-0.2, 0) is 0 Å². The Hall–Kier alpha value is -4.02. The molecule has 3 heterocycles. The molecule has 0 aliphatic heterocycles. The summed E-state index contributed by atoms with van der Waals surface area (Å²) in [7, 11) is 0. The lowest BCUT2D eigenvalue weighted by Gasteiger charge is -2.07. The maximum Gasteiger partial charge on any atom is 0.326 e. The molecular formula is C19H15F2N7O2. The molecule has 1 aliphatic carbocycles. The number of imidazole rings is 1. The fourth-order valence-electron chi connectivity index (χ4n) is 3.03. The summed E-state index contributed by atoms with van der Waals surface area (Å²) >= 11 is 0. The number of nitrogens with zero attached hydrogens (tertiary/aromatic N) is 4. The van der Waals surface area contributed by atoms with E-state index in [1.807, 2.05) is 0 Å². The predicted octanol–water partition coefficient (Wildman–Crippen LogP) is 1.08. The van der Waals surface area contributed by atoms with Crippen LogP contribution in [0.3, 0.4) is 0 Å². The lowest BCUT2D eigenvalue weighted by Crippen LogP contribution is -2.19. The first-order valence-electron chi connectivity index (χ1n) is 9.13. The first kappa shape index (κ1) is 18.0. The minimum Gasteiger partial charge on any atom is -0.493 e. The highest BCUT2D eigenvalue weighted by atomic mass is 19.1. The van der Waals surface area contributed by atoms with Gasteiger partial charge in [-0.25, -0.2) is 18.6 Å². The monoisotopic (exact) mass is 411 g/mol. The van der Waals surface area contributed by atoms with Crippen LogP contribution in [0.1, 0.15) is 18.5 Å². The maximum atomic E-state index is 13.5. The number of halogens is 2. The van der Waals surface area contributed by atoms with Gasteiger partial charge in [-0.15, -0.1) is 0 Å². The number of aromatic nitrogens is 5. The van der Waals surface area contributed by atoms with Gasteiger partial charge >= 0.3 is 5.69 Å². The average Bonchev–Trinajstić information content (AvgIpc) is 3.30. The second kappa shape index (κ2) is 6.79. The van der Waals surface area contributed by atoms with Gasteiger partial charge < -0.3 is 15.4 Å². The molecule has 0 radical (unpaired) electrons. The highest BCUT2D eigenvalue weighted by Gasteiger charge is 2.20. The molecule has 1 aromatic carbocycles.